The van der Waals surface area contributed by atoms with Crippen molar-refractivity contribution in [1.82, 2.24) is 0 Å². The Bertz CT molecular complexity index is 932. The lowest BCUT2D eigenvalue weighted by molar-refractivity contribution is -0.116. The molecular weight excluding hydrogens is 310 g/mol. The second-order valence-corrected chi connectivity index (χ2v) is 6.44. The highest BCUT2D eigenvalue weighted by molar-refractivity contribution is 6.06. The molecule has 3 aromatic carbocycles. The molecule has 0 saturated carbocycles. The summed E-state index contributed by atoms with van der Waals surface area (Å²) in [7, 11) is 0. The van der Waals surface area contributed by atoms with Gasteiger partial charge in [-0.15, -0.1) is 0 Å². The van der Waals surface area contributed by atoms with Gasteiger partial charge in [0.25, 0.3) is 0 Å². The second kappa shape index (κ2) is 6.60. The number of rotatable bonds is 4. The van der Waals surface area contributed by atoms with E-state index < -0.39 is 0 Å². The lowest BCUT2D eigenvalue weighted by Gasteiger charge is -2.28. The van der Waals surface area contributed by atoms with Crippen molar-refractivity contribution in [2.24, 2.45) is 0 Å². The van der Waals surface area contributed by atoms with Gasteiger partial charge in [0.15, 0.2) is 0 Å². The summed E-state index contributed by atoms with van der Waals surface area (Å²) >= 11 is 0. The molecule has 0 spiro atoms. The van der Waals surface area contributed by atoms with Crippen LogP contribution in [-0.4, -0.2) is 12.5 Å². The van der Waals surface area contributed by atoms with Gasteiger partial charge < -0.3 is 10.1 Å². The normalized spacial score (nSPS) is 16.4. The number of hydrogen-bond acceptors (Lipinski definition) is 2. The molecule has 126 valence electrons. The summed E-state index contributed by atoms with van der Waals surface area (Å²) in [6, 6.07) is 20.5. The van der Waals surface area contributed by atoms with Crippen molar-refractivity contribution in [3.8, 4) is 5.75 Å². The predicted octanol–water partition coefficient (Wildman–Crippen LogP) is 5.10. The van der Waals surface area contributed by atoms with Gasteiger partial charge in [-0.1, -0.05) is 61.5 Å². The zero-order chi connectivity index (χ0) is 17.2. The van der Waals surface area contributed by atoms with E-state index in [4.69, 9.17) is 4.74 Å². The summed E-state index contributed by atoms with van der Waals surface area (Å²) in [5, 5.41) is 5.31. The third-order valence-corrected chi connectivity index (χ3v) is 4.75. The number of nitrogens with one attached hydrogen (secondary N) is 1. The van der Waals surface area contributed by atoms with Crippen LogP contribution >= 0.6 is 0 Å². The minimum atomic E-state index is 0.0152. The van der Waals surface area contributed by atoms with E-state index in [9.17, 15) is 4.79 Å². The Labute approximate surface area is 147 Å². The smallest absolute Gasteiger partial charge is 0.225 e. The third kappa shape index (κ3) is 2.86. The Morgan fingerprint density at radius 3 is 2.68 bits per heavy atom. The molecule has 0 saturated heterocycles. The Balaban J connectivity index is 1.86. The van der Waals surface area contributed by atoms with Gasteiger partial charge in [0, 0.05) is 23.3 Å². The Morgan fingerprint density at radius 2 is 1.80 bits per heavy atom. The fourth-order valence-corrected chi connectivity index (χ4v) is 3.59. The SMILES string of the molecule is CCCOc1ccccc1[C@@H]1CC(=O)Nc2c1ccc1ccccc21. The summed E-state index contributed by atoms with van der Waals surface area (Å²) in [6.45, 7) is 2.78. The minimum Gasteiger partial charge on any atom is -0.493 e. The van der Waals surface area contributed by atoms with E-state index in [1.165, 1.54) is 0 Å². The molecule has 1 heterocycles. The average molecular weight is 331 g/mol. The number of benzene rings is 3. The van der Waals surface area contributed by atoms with Gasteiger partial charge in [0.1, 0.15) is 5.75 Å². The van der Waals surface area contributed by atoms with Crippen LogP contribution in [0.1, 0.15) is 36.8 Å². The molecule has 1 aliphatic rings. The molecule has 0 fully saturated rings. The molecule has 0 aromatic heterocycles. The predicted molar refractivity (Wildman–Crippen MR) is 101 cm³/mol. The fraction of sp³-hybridized carbons (Fsp3) is 0.227. The number of anilines is 1. The first-order valence-electron chi connectivity index (χ1n) is 8.81. The molecular formula is C22H21NO2. The molecule has 0 bridgehead atoms. The van der Waals surface area contributed by atoms with Crippen LogP contribution in [0.3, 0.4) is 0 Å². The molecule has 0 aliphatic carbocycles. The summed E-state index contributed by atoms with van der Waals surface area (Å²) < 4.78 is 5.95. The van der Waals surface area contributed by atoms with Crippen LogP contribution in [-0.2, 0) is 4.79 Å². The lowest BCUT2D eigenvalue weighted by Crippen LogP contribution is -2.24. The van der Waals surface area contributed by atoms with E-state index in [1.54, 1.807) is 0 Å². The summed E-state index contributed by atoms with van der Waals surface area (Å²) in [5.41, 5.74) is 3.18. The molecule has 1 N–H and O–H groups in total. The van der Waals surface area contributed by atoms with E-state index in [-0.39, 0.29) is 11.8 Å². The first-order chi connectivity index (χ1) is 12.3. The second-order valence-electron chi connectivity index (χ2n) is 6.44. The molecule has 3 aromatic rings. The van der Waals surface area contributed by atoms with Crippen LogP contribution < -0.4 is 10.1 Å². The Morgan fingerprint density at radius 1 is 1.00 bits per heavy atom. The Hall–Kier alpha value is -2.81. The van der Waals surface area contributed by atoms with Crippen molar-refractivity contribution in [1.29, 1.82) is 0 Å². The number of amides is 1. The molecule has 3 heteroatoms. The van der Waals surface area contributed by atoms with Crippen molar-refractivity contribution < 1.29 is 9.53 Å². The molecule has 25 heavy (non-hydrogen) atoms. The number of carbonyl (C=O) groups excluding carboxylic acids is 1. The molecule has 1 atom stereocenters. The topological polar surface area (TPSA) is 38.3 Å². The molecule has 3 nitrogen and oxygen atoms in total. The number of hydrogen-bond donors (Lipinski definition) is 1. The molecule has 1 amide bonds. The summed E-state index contributed by atoms with van der Waals surface area (Å²) in [5.74, 6) is 0.948. The lowest BCUT2D eigenvalue weighted by atomic mass is 9.83. The van der Waals surface area contributed by atoms with Gasteiger partial charge in [-0.2, -0.15) is 0 Å². The van der Waals surface area contributed by atoms with Crippen LogP contribution in [0.15, 0.2) is 60.7 Å². The number of fused-ring (bicyclic) bond motifs is 3. The van der Waals surface area contributed by atoms with Crippen LogP contribution in [0.2, 0.25) is 0 Å². The standard InChI is InChI=1S/C22H21NO2/c1-2-13-25-20-10-6-5-9-17(20)19-14-21(24)23-22-16-8-4-3-7-15(16)11-12-18(19)22/h3-12,19H,2,13-14H2,1H3,(H,23,24)/t19-/m0/s1. The molecule has 0 radical (unpaired) electrons. The molecule has 1 aliphatic heterocycles. The van der Waals surface area contributed by atoms with Gasteiger partial charge in [0.05, 0.1) is 12.3 Å². The van der Waals surface area contributed by atoms with Crippen LogP contribution in [0, 0.1) is 0 Å². The van der Waals surface area contributed by atoms with Crippen LogP contribution in [0.25, 0.3) is 10.8 Å². The van der Waals surface area contributed by atoms with E-state index >= 15 is 0 Å². The zero-order valence-corrected chi connectivity index (χ0v) is 14.3. The van der Waals surface area contributed by atoms with Crippen LogP contribution in [0.5, 0.6) is 5.75 Å². The number of ether oxygens (including phenoxy) is 1. The monoisotopic (exact) mass is 331 g/mol. The van der Waals surface area contributed by atoms with Crippen molar-refractivity contribution in [2.45, 2.75) is 25.7 Å². The molecule has 4 rings (SSSR count). The maximum atomic E-state index is 12.4. The molecule has 0 unspecified atom stereocenters. The maximum absolute atomic E-state index is 12.4. The van der Waals surface area contributed by atoms with E-state index in [0.29, 0.717) is 13.0 Å². The number of carbonyl (C=O) groups is 1. The van der Waals surface area contributed by atoms with Crippen molar-refractivity contribution >= 4 is 22.4 Å². The van der Waals surface area contributed by atoms with Crippen molar-refractivity contribution in [3.63, 3.8) is 0 Å². The first kappa shape index (κ1) is 15.7. The summed E-state index contributed by atoms with van der Waals surface area (Å²) in [4.78, 5) is 12.4. The van der Waals surface area contributed by atoms with E-state index in [2.05, 4.69) is 42.6 Å². The largest absolute Gasteiger partial charge is 0.493 e. The fourth-order valence-electron chi connectivity index (χ4n) is 3.59. The van der Waals surface area contributed by atoms with Gasteiger partial charge in [0.2, 0.25) is 5.91 Å². The highest BCUT2D eigenvalue weighted by Gasteiger charge is 2.29. The minimum absolute atomic E-state index is 0.0152. The van der Waals surface area contributed by atoms with Crippen LogP contribution in [0.4, 0.5) is 5.69 Å². The van der Waals surface area contributed by atoms with E-state index in [0.717, 1.165) is 39.8 Å². The summed E-state index contributed by atoms with van der Waals surface area (Å²) in [6.07, 6.45) is 1.40. The first-order valence-corrected chi connectivity index (χ1v) is 8.81. The van der Waals surface area contributed by atoms with Crippen molar-refractivity contribution in [3.05, 3.63) is 71.8 Å². The number of para-hydroxylation sites is 1. The van der Waals surface area contributed by atoms with Gasteiger partial charge in [-0.25, -0.2) is 0 Å². The zero-order valence-electron chi connectivity index (χ0n) is 14.3. The van der Waals surface area contributed by atoms with Gasteiger partial charge in [-0.05, 0) is 23.4 Å². The highest BCUT2D eigenvalue weighted by atomic mass is 16.5. The maximum Gasteiger partial charge on any atom is 0.225 e. The average Bonchev–Trinajstić information content (AvgIpc) is 2.66. The van der Waals surface area contributed by atoms with Gasteiger partial charge in [-0.3, -0.25) is 4.79 Å². The van der Waals surface area contributed by atoms with Gasteiger partial charge >= 0.3 is 0 Å². The van der Waals surface area contributed by atoms with Crippen molar-refractivity contribution in [2.75, 3.05) is 11.9 Å². The highest BCUT2D eigenvalue weighted by Crippen LogP contribution is 2.43. The Kier molecular flexibility index (Phi) is 4.14. The third-order valence-electron chi connectivity index (χ3n) is 4.75. The quantitative estimate of drug-likeness (QED) is 0.722. The van der Waals surface area contributed by atoms with E-state index in [1.807, 2.05) is 30.3 Å².